The van der Waals surface area contributed by atoms with Gasteiger partial charge >= 0.3 is 0 Å². The third-order valence-corrected chi connectivity index (χ3v) is 3.69. The third kappa shape index (κ3) is 4.81. The lowest BCUT2D eigenvalue weighted by atomic mass is 9.84. The Morgan fingerprint density at radius 3 is 2.06 bits per heavy atom. The minimum Gasteiger partial charge on any atom is -0.313 e. The molecule has 102 valence electrons. The first kappa shape index (κ1) is 15.2. The van der Waals surface area contributed by atoms with Crippen molar-refractivity contribution in [2.45, 2.75) is 46.6 Å². The highest BCUT2D eigenvalue weighted by molar-refractivity contribution is 5.19. The van der Waals surface area contributed by atoms with Gasteiger partial charge in [0.15, 0.2) is 0 Å². The summed E-state index contributed by atoms with van der Waals surface area (Å²) in [6.07, 6.45) is 2.62. The average molecular weight is 247 g/mol. The number of rotatable bonds is 7. The molecule has 0 aliphatic heterocycles. The molecule has 1 aromatic carbocycles. The second-order valence-corrected chi connectivity index (χ2v) is 6.12. The Kier molecular flexibility index (Phi) is 6.42. The monoisotopic (exact) mass is 247 g/mol. The molecule has 1 nitrogen and oxygen atoms in total. The Labute approximate surface area is 113 Å². The molecule has 0 aliphatic rings. The van der Waals surface area contributed by atoms with Crippen LogP contribution in [0.25, 0.3) is 0 Å². The third-order valence-electron chi connectivity index (χ3n) is 3.69. The van der Waals surface area contributed by atoms with E-state index in [4.69, 9.17) is 0 Å². The van der Waals surface area contributed by atoms with Crippen molar-refractivity contribution in [3.05, 3.63) is 35.9 Å². The van der Waals surface area contributed by atoms with Crippen LogP contribution in [0.15, 0.2) is 30.3 Å². The standard InChI is InChI=1S/C17H29N/c1-13(2)11-14(3)12-15(4)17(18-5)16-9-7-6-8-10-16/h6-10,13-15,17-18H,11-12H2,1-5H3. The van der Waals surface area contributed by atoms with Crippen molar-refractivity contribution in [2.75, 3.05) is 7.05 Å². The predicted octanol–water partition coefficient (Wildman–Crippen LogP) is 4.66. The van der Waals surface area contributed by atoms with Crippen molar-refractivity contribution in [3.8, 4) is 0 Å². The van der Waals surface area contributed by atoms with E-state index in [1.54, 1.807) is 0 Å². The topological polar surface area (TPSA) is 12.0 Å². The highest BCUT2D eigenvalue weighted by Crippen LogP contribution is 2.29. The summed E-state index contributed by atoms with van der Waals surface area (Å²) in [6, 6.07) is 11.3. The fraction of sp³-hybridized carbons (Fsp3) is 0.647. The van der Waals surface area contributed by atoms with Crippen LogP contribution in [0.2, 0.25) is 0 Å². The van der Waals surface area contributed by atoms with Gasteiger partial charge in [0.25, 0.3) is 0 Å². The van der Waals surface area contributed by atoms with Gasteiger partial charge in [-0.3, -0.25) is 0 Å². The molecule has 1 aromatic rings. The zero-order chi connectivity index (χ0) is 13.5. The number of hydrogen-bond acceptors (Lipinski definition) is 1. The van der Waals surface area contributed by atoms with Gasteiger partial charge in [-0.2, -0.15) is 0 Å². The van der Waals surface area contributed by atoms with Crippen LogP contribution in [0.5, 0.6) is 0 Å². The molecule has 0 saturated carbocycles. The first-order valence-corrected chi connectivity index (χ1v) is 7.26. The van der Waals surface area contributed by atoms with E-state index in [0.29, 0.717) is 12.0 Å². The van der Waals surface area contributed by atoms with E-state index in [1.165, 1.54) is 18.4 Å². The van der Waals surface area contributed by atoms with Gasteiger partial charge in [-0.15, -0.1) is 0 Å². The summed E-state index contributed by atoms with van der Waals surface area (Å²) < 4.78 is 0. The van der Waals surface area contributed by atoms with E-state index in [2.05, 4.69) is 70.4 Å². The van der Waals surface area contributed by atoms with Gasteiger partial charge in [0, 0.05) is 6.04 Å². The molecule has 0 bridgehead atoms. The van der Waals surface area contributed by atoms with Crippen LogP contribution in [0.3, 0.4) is 0 Å². The first-order valence-electron chi connectivity index (χ1n) is 7.26. The van der Waals surface area contributed by atoms with Gasteiger partial charge in [0.2, 0.25) is 0 Å². The smallest absolute Gasteiger partial charge is 0.0343 e. The molecule has 0 fully saturated rings. The molecule has 1 N–H and O–H groups in total. The molecule has 0 saturated heterocycles. The second-order valence-electron chi connectivity index (χ2n) is 6.12. The predicted molar refractivity (Wildman–Crippen MR) is 80.6 cm³/mol. The van der Waals surface area contributed by atoms with Gasteiger partial charge in [-0.05, 0) is 43.2 Å². The van der Waals surface area contributed by atoms with Crippen molar-refractivity contribution < 1.29 is 0 Å². The fourth-order valence-electron chi connectivity index (χ4n) is 3.11. The molecule has 0 radical (unpaired) electrons. The van der Waals surface area contributed by atoms with E-state index < -0.39 is 0 Å². The summed E-state index contributed by atoms with van der Waals surface area (Å²) in [5.74, 6) is 2.28. The Bertz CT molecular complexity index is 318. The molecule has 0 amide bonds. The van der Waals surface area contributed by atoms with Crippen LogP contribution >= 0.6 is 0 Å². The molecule has 3 unspecified atom stereocenters. The maximum absolute atomic E-state index is 3.48. The summed E-state index contributed by atoms with van der Waals surface area (Å²) in [7, 11) is 2.07. The Morgan fingerprint density at radius 2 is 1.56 bits per heavy atom. The van der Waals surface area contributed by atoms with Crippen LogP contribution in [-0.4, -0.2) is 7.05 Å². The second kappa shape index (κ2) is 7.58. The normalized spacial score (nSPS) is 16.6. The SMILES string of the molecule is CNC(c1ccccc1)C(C)CC(C)CC(C)C. The Morgan fingerprint density at radius 1 is 0.944 bits per heavy atom. The van der Waals surface area contributed by atoms with Crippen LogP contribution in [-0.2, 0) is 0 Å². The molecule has 0 heterocycles. The molecule has 0 aliphatic carbocycles. The van der Waals surface area contributed by atoms with Crippen molar-refractivity contribution in [1.29, 1.82) is 0 Å². The lowest BCUT2D eigenvalue weighted by Gasteiger charge is -2.27. The molecular weight excluding hydrogens is 218 g/mol. The molecule has 1 heteroatoms. The first-order chi connectivity index (χ1) is 8.54. The molecule has 1 rings (SSSR count). The molecule has 0 spiro atoms. The Hall–Kier alpha value is -0.820. The summed E-state index contributed by atoms with van der Waals surface area (Å²) in [5, 5.41) is 3.48. The summed E-state index contributed by atoms with van der Waals surface area (Å²) in [4.78, 5) is 0. The summed E-state index contributed by atoms with van der Waals surface area (Å²) in [5.41, 5.74) is 1.41. The minimum atomic E-state index is 0.473. The molecule has 18 heavy (non-hydrogen) atoms. The van der Waals surface area contributed by atoms with E-state index >= 15 is 0 Å². The lowest BCUT2D eigenvalue weighted by molar-refractivity contribution is 0.302. The highest BCUT2D eigenvalue weighted by Gasteiger charge is 2.19. The summed E-state index contributed by atoms with van der Waals surface area (Å²) >= 11 is 0. The average Bonchev–Trinajstić information content (AvgIpc) is 2.29. The molecular formula is C17H29N. The van der Waals surface area contributed by atoms with E-state index in [1.807, 2.05) is 0 Å². The van der Waals surface area contributed by atoms with Crippen LogP contribution in [0.1, 0.15) is 52.1 Å². The maximum Gasteiger partial charge on any atom is 0.0343 e. The fourth-order valence-corrected chi connectivity index (χ4v) is 3.11. The van der Waals surface area contributed by atoms with Gasteiger partial charge in [-0.25, -0.2) is 0 Å². The van der Waals surface area contributed by atoms with Crippen LogP contribution in [0.4, 0.5) is 0 Å². The number of nitrogens with one attached hydrogen (secondary N) is 1. The van der Waals surface area contributed by atoms with Crippen molar-refractivity contribution in [2.24, 2.45) is 17.8 Å². The van der Waals surface area contributed by atoms with Gasteiger partial charge in [-0.1, -0.05) is 58.0 Å². The van der Waals surface area contributed by atoms with E-state index in [-0.39, 0.29) is 0 Å². The van der Waals surface area contributed by atoms with Crippen molar-refractivity contribution in [3.63, 3.8) is 0 Å². The zero-order valence-electron chi connectivity index (χ0n) is 12.6. The largest absolute Gasteiger partial charge is 0.313 e. The van der Waals surface area contributed by atoms with Crippen LogP contribution in [0, 0.1) is 17.8 Å². The van der Waals surface area contributed by atoms with E-state index in [9.17, 15) is 0 Å². The van der Waals surface area contributed by atoms with Crippen LogP contribution < -0.4 is 5.32 Å². The van der Waals surface area contributed by atoms with E-state index in [0.717, 1.165) is 11.8 Å². The molecule has 0 aromatic heterocycles. The zero-order valence-corrected chi connectivity index (χ0v) is 12.6. The van der Waals surface area contributed by atoms with Crippen molar-refractivity contribution >= 4 is 0 Å². The number of hydrogen-bond donors (Lipinski definition) is 1. The van der Waals surface area contributed by atoms with Gasteiger partial charge < -0.3 is 5.32 Å². The minimum absolute atomic E-state index is 0.473. The quantitative estimate of drug-likeness (QED) is 0.739. The lowest BCUT2D eigenvalue weighted by Crippen LogP contribution is -2.25. The van der Waals surface area contributed by atoms with Crippen molar-refractivity contribution in [1.82, 2.24) is 5.32 Å². The van der Waals surface area contributed by atoms with Gasteiger partial charge in [0.05, 0.1) is 0 Å². The number of benzene rings is 1. The summed E-state index contributed by atoms with van der Waals surface area (Å²) in [6.45, 7) is 9.38. The highest BCUT2D eigenvalue weighted by atomic mass is 14.9. The molecule has 3 atom stereocenters. The van der Waals surface area contributed by atoms with Gasteiger partial charge in [0.1, 0.15) is 0 Å². The Balaban J connectivity index is 2.60. The maximum atomic E-state index is 3.48.